The monoisotopic (exact) mass is 1790 g/mol. The van der Waals surface area contributed by atoms with Crippen LogP contribution < -0.4 is 35.1 Å². The number of alkyl halides is 3. The number of methoxy groups -OCH3 is 4. The lowest BCUT2D eigenvalue weighted by Gasteiger charge is -2.03. The summed E-state index contributed by atoms with van der Waals surface area (Å²) >= 11 is 60.1. The van der Waals surface area contributed by atoms with Crippen LogP contribution in [0.2, 0.25) is 5.15 Å². The lowest BCUT2D eigenvalue weighted by atomic mass is 10.2. The van der Waals surface area contributed by atoms with Crippen LogP contribution in [0, 0.1) is 0 Å². The van der Waals surface area contributed by atoms with Crippen LogP contribution in [0.3, 0.4) is 0 Å². The summed E-state index contributed by atoms with van der Waals surface area (Å²) < 4.78 is 34.7. The first-order valence-electron chi connectivity index (χ1n) is 21.8. The molecule has 0 amide bonds. The Labute approximate surface area is 574 Å². The number of hydrogen-bond donors (Lipinski definition) is 4. The van der Waals surface area contributed by atoms with Gasteiger partial charge < -0.3 is 35.5 Å². The van der Waals surface area contributed by atoms with Gasteiger partial charge in [0, 0.05) is 61.2 Å². The van der Waals surface area contributed by atoms with Crippen LogP contribution in [0.1, 0.15) is 7.43 Å². The van der Waals surface area contributed by atoms with Gasteiger partial charge in [0.15, 0.2) is 4.30 Å². The van der Waals surface area contributed by atoms with E-state index < -0.39 is 9.50 Å². The number of nitrogen functional groups attached to an aromatic ring is 2. The number of nitrogens with zero attached hydrogens (tertiary/aromatic N) is 5. The molecule has 10 rings (SSSR count). The molecule has 0 saturated carbocycles. The first-order chi connectivity index (χ1) is 38.0. The summed E-state index contributed by atoms with van der Waals surface area (Å²) in [6, 6.07) is 37.5. The van der Waals surface area contributed by atoms with Gasteiger partial charge in [-0.15, -0.1) is 47.3 Å². The van der Waals surface area contributed by atoms with Gasteiger partial charge in [0.2, 0.25) is 6.20 Å². The zero-order valence-corrected chi connectivity index (χ0v) is 60.7. The van der Waals surface area contributed by atoms with Crippen molar-refractivity contribution in [1.29, 1.82) is 0 Å². The maximum atomic E-state index is 9.60. The van der Waals surface area contributed by atoms with Gasteiger partial charge in [-0.2, -0.15) is 0 Å². The van der Waals surface area contributed by atoms with Gasteiger partial charge in [-0.25, -0.2) is 15.0 Å². The maximum absolute atomic E-state index is 9.60. The number of aromatic hydroxyl groups is 1. The van der Waals surface area contributed by atoms with Crippen LogP contribution in [-0.2, 0) is 4.57 Å². The number of aromatic nitrogens is 5. The third-order valence-corrected chi connectivity index (χ3v) is 12.9. The Kier molecular flexibility index (Phi) is 35.2. The molecule has 10 aromatic rings. The highest BCUT2D eigenvalue weighted by Crippen LogP contribution is 2.61. The van der Waals surface area contributed by atoms with Crippen LogP contribution in [0.5, 0.6) is 28.7 Å². The number of halogens is 15. The molecule has 31 heteroatoms. The second-order valence-electron chi connectivity index (χ2n) is 15.0. The van der Waals surface area contributed by atoms with Crippen molar-refractivity contribution in [3.05, 3.63) is 161 Å². The van der Waals surface area contributed by atoms with E-state index in [1.807, 2.05) is 97.1 Å². The predicted octanol–water partition coefficient (Wildman–Crippen LogP) is 21.3. The zero-order valence-electron chi connectivity index (χ0n) is 41.8. The van der Waals surface area contributed by atoms with E-state index in [4.69, 9.17) is 76.8 Å². The summed E-state index contributed by atoms with van der Waals surface area (Å²) in [6.07, 6.45) is 3.36. The van der Waals surface area contributed by atoms with Crippen LogP contribution in [0.4, 0.5) is 11.6 Å². The molecule has 0 aliphatic rings. The number of rotatable bonds is 4. The molecule has 0 aliphatic carbocycles. The molecule has 0 saturated heterocycles. The Hall–Kier alpha value is -2.29. The second kappa shape index (κ2) is 38.1. The van der Waals surface area contributed by atoms with E-state index in [0.717, 1.165) is 93.6 Å². The first kappa shape index (κ1) is 75.8. The van der Waals surface area contributed by atoms with Crippen molar-refractivity contribution in [2.75, 3.05) is 39.9 Å². The van der Waals surface area contributed by atoms with Gasteiger partial charge in [-0.3, -0.25) is 14.8 Å². The maximum Gasteiger partial charge on any atom is 0.369 e. The number of fused-ring (bicyclic) bond motifs is 5. The molecular weight excluding hydrogens is 1750 g/mol. The fourth-order valence-corrected chi connectivity index (χ4v) is 8.12. The minimum absolute atomic E-state index is 0. The highest BCUT2D eigenvalue weighted by Gasteiger charge is 2.11. The SMILES string of the molecule is BrB(Br)Br.C.COc1ccc2cc(Br)c(Cl)nc2c1.COc1ccc2cc(Br)c(N)nc2c1.COc1ccc2cc(Br)c[n+](O)c2c1.COc1ccc2cc(Br)cnc2c1.ClC(Cl)Cl.Nc1nc2cc(O)ccc2cc1Br.O=P(Cl)(Cl)Cl. The molecule has 0 aliphatic heterocycles. The van der Waals surface area contributed by atoms with E-state index in [0.29, 0.717) is 27.8 Å². The van der Waals surface area contributed by atoms with E-state index in [1.54, 1.807) is 65.1 Å². The Balaban J connectivity index is 0.000000331. The standard InChI is InChI=1S/C10H7BrClNO.C10H9BrN2O.C10H9BrNO2.C10H8BrNO.C9H7BrN2O.CHCl3.CH4.BBr3.Cl3OP/c2*1-14-7-3-2-6-4-8(11)10(12)13-9(6)5-7;1-14-9-3-2-7-4-8(11)6-12(13)10(7)5-9;1-13-9-3-2-7-4-8(11)6-12-10(7)5-9;10-7-3-5-1-2-6(13)4-8(5)12-9(7)11;2-1(3)4;;2-1(3)4;1-5(2,3)4/h2-5H,1H3;2-5H,1H3,(H2,12,13);2-6,13H,1H3;2-6H,1H3;1-4,13H,(H2,11,12);1H;1H4;;/q;;+1;;;;;;. The third kappa shape index (κ3) is 28.0. The number of nitrogens with two attached hydrogens (primary N) is 2. The van der Waals surface area contributed by atoms with Crippen LogP contribution >= 0.6 is 212 Å². The van der Waals surface area contributed by atoms with Crippen molar-refractivity contribution < 1.29 is 38.6 Å². The smallest absolute Gasteiger partial charge is 0.369 e. The topological polar surface area (TPSA) is 202 Å². The van der Waals surface area contributed by atoms with E-state index in [-0.39, 0.29) is 16.4 Å². The normalized spacial score (nSPS) is 10.1. The second-order valence-corrected chi connectivity index (χ2v) is 34.8. The number of anilines is 2. The summed E-state index contributed by atoms with van der Waals surface area (Å²) in [4.78, 5) is 16.8. The van der Waals surface area contributed by atoms with Crippen LogP contribution in [0.25, 0.3) is 54.5 Å². The van der Waals surface area contributed by atoms with Gasteiger partial charge in [0.25, 0.3) is 5.52 Å². The van der Waals surface area contributed by atoms with E-state index in [1.165, 1.54) is 0 Å². The Bertz CT molecular complexity index is 3640. The molecule has 5 aromatic heterocycles. The molecule has 82 heavy (non-hydrogen) atoms. The Morgan fingerprint density at radius 1 is 0.549 bits per heavy atom. The quantitative estimate of drug-likeness (QED) is 0.0324. The Morgan fingerprint density at radius 2 is 0.890 bits per heavy atom. The van der Waals surface area contributed by atoms with Gasteiger partial charge in [0.1, 0.15) is 45.5 Å². The van der Waals surface area contributed by atoms with Gasteiger partial charge in [-0.1, -0.05) is 53.8 Å². The average molecular weight is 1800 g/mol. The zero-order chi connectivity index (χ0) is 60.7. The molecule has 0 unspecified atom stereocenters. The third-order valence-electron chi connectivity index (χ3n) is 9.60. The molecule has 0 spiro atoms. The molecule has 6 N–H and O–H groups in total. The molecule has 5 aromatic carbocycles. The molecule has 0 fully saturated rings. The molecule has 0 atom stereocenters. The number of phenols is 1. The summed E-state index contributed by atoms with van der Waals surface area (Å²) in [6.45, 7) is 0. The van der Waals surface area contributed by atoms with E-state index >= 15 is 0 Å². The summed E-state index contributed by atoms with van der Waals surface area (Å²) in [5, 5.41) is 21.1. The van der Waals surface area contributed by atoms with Crippen molar-refractivity contribution in [2.45, 2.75) is 11.7 Å². The molecule has 0 bridgehead atoms. The predicted molar refractivity (Wildman–Crippen MR) is 374 cm³/mol. The lowest BCUT2D eigenvalue weighted by Crippen LogP contribution is -2.30. The van der Waals surface area contributed by atoms with Crippen molar-refractivity contribution in [2.24, 2.45) is 0 Å². The summed E-state index contributed by atoms with van der Waals surface area (Å²) in [7, 11) is 6.51. The number of pyridine rings is 5. The number of benzene rings is 5. The number of phenolic OH excluding ortho intramolecular Hbond substituents is 1. The fourth-order valence-electron chi connectivity index (χ4n) is 6.18. The highest BCUT2D eigenvalue weighted by molar-refractivity contribution is 9.69. The number of ether oxygens (including phenoxy) is 4. The summed E-state index contributed by atoms with van der Waals surface area (Å²) in [5.41, 5.74) is 15.3. The largest absolute Gasteiger partial charge is 0.508 e. The van der Waals surface area contributed by atoms with E-state index in [2.05, 4.69) is 181 Å². The van der Waals surface area contributed by atoms with Crippen molar-refractivity contribution in [1.82, 2.24) is 19.9 Å². The van der Waals surface area contributed by atoms with Gasteiger partial charge in [0.05, 0.1) is 79.8 Å². The summed E-state index contributed by atoms with van der Waals surface area (Å²) in [5.74, 6) is 4.24. The van der Waals surface area contributed by atoms with Crippen molar-refractivity contribution in [3.8, 4) is 28.7 Å². The van der Waals surface area contributed by atoms with Crippen molar-refractivity contribution in [3.63, 3.8) is 0 Å². The fraction of sp³-hybridized carbons (Fsp3) is 0.118. The molecule has 0 radical (unpaired) electrons. The van der Waals surface area contributed by atoms with E-state index in [9.17, 15) is 14.9 Å². The minimum Gasteiger partial charge on any atom is -0.508 e. The average Bonchev–Trinajstić information content (AvgIpc) is 3.58. The highest BCUT2D eigenvalue weighted by atomic mass is 79.9. The van der Waals surface area contributed by atoms with Crippen LogP contribution in [-0.4, -0.2) is 66.2 Å². The van der Waals surface area contributed by atoms with Crippen LogP contribution in [0.15, 0.2) is 156 Å². The molecule has 5 heterocycles. The minimum atomic E-state index is -3.22. The lowest BCUT2D eigenvalue weighted by molar-refractivity contribution is -0.885. The number of hydrogen-bond acceptors (Lipinski definition) is 13. The van der Waals surface area contributed by atoms with Gasteiger partial charge >= 0.3 is 8.38 Å². The molecule has 14 nitrogen and oxygen atoms in total. The van der Waals surface area contributed by atoms with Gasteiger partial charge in [-0.05, 0) is 204 Å². The molecule has 438 valence electrons. The Morgan fingerprint density at radius 3 is 1.33 bits per heavy atom. The van der Waals surface area contributed by atoms with Crippen molar-refractivity contribution >= 4 is 282 Å². The first-order valence-corrected chi connectivity index (χ1v) is 34.6. The molecular formula is C51H45BBr8Cl7N7O7P+.